The SMILES string of the molecule is CCC(NC(C)CCN(C)C)c1cccc(Cl)c1. The quantitative estimate of drug-likeness (QED) is 0.811. The van der Waals surface area contributed by atoms with Gasteiger partial charge in [-0.15, -0.1) is 0 Å². The summed E-state index contributed by atoms with van der Waals surface area (Å²) in [7, 11) is 4.22. The summed E-state index contributed by atoms with van der Waals surface area (Å²) in [6.45, 7) is 5.56. The van der Waals surface area contributed by atoms with Crippen molar-refractivity contribution >= 4 is 11.6 Å². The van der Waals surface area contributed by atoms with E-state index in [0.717, 1.165) is 24.4 Å². The minimum Gasteiger partial charge on any atom is -0.309 e. The second-order valence-corrected chi connectivity index (χ2v) is 5.61. The van der Waals surface area contributed by atoms with Crippen molar-refractivity contribution in [3.05, 3.63) is 34.9 Å². The zero-order valence-electron chi connectivity index (χ0n) is 11.9. The van der Waals surface area contributed by atoms with Crippen LogP contribution in [0.3, 0.4) is 0 Å². The van der Waals surface area contributed by atoms with Crippen LogP contribution in [0.2, 0.25) is 5.02 Å². The molecule has 0 aliphatic carbocycles. The molecule has 0 aliphatic rings. The Morgan fingerprint density at radius 3 is 2.61 bits per heavy atom. The highest BCUT2D eigenvalue weighted by atomic mass is 35.5. The third kappa shape index (κ3) is 5.38. The Bertz CT molecular complexity index is 352. The van der Waals surface area contributed by atoms with Gasteiger partial charge < -0.3 is 10.2 Å². The van der Waals surface area contributed by atoms with Gasteiger partial charge in [0.1, 0.15) is 0 Å². The maximum Gasteiger partial charge on any atom is 0.0409 e. The van der Waals surface area contributed by atoms with E-state index < -0.39 is 0 Å². The van der Waals surface area contributed by atoms with E-state index in [9.17, 15) is 0 Å². The lowest BCUT2D eigenvalue weighted by Gasteiger charge is -2.24. The first-order chi connectivity index (χ1) is 8.52. The van der Waals surface area contributed by atoms with Crippen LogP contribution in [0.15, 0.2) is 24.3 Å². The minimum atomic E-state index is 0.390. The first kappa shape index (κ1) is 15.5. The Kier molecular flexibility index (Phi) is 6.69. The summed E-state index contributed by atoms with van der Waals surface area (Å²) in [5, 5.41) is 4.49. The van der Waals surface area contributed by atoms with Crippen LogP contribution < -0.4 is 5.32 Å². The zero-order chi connectivity index (χ0) is 13.5. The topological polar surface area (TPSA) is 15.3 Å². The second kappa shape index (κ2) is 7.78. The number of halogens is 1. The maximum absolute atomic E-state index is 6.05. The van der Waals surface area contributed by atoms with E-state index >= 15 is 0 Å². The Balaban J connectivity index is 2.56. The van der Waals surface area contributed by atoms with Crippen LogP contribution in [0.1, 0.15) is 38.3 Å². The van der Waals surface area contributed by atoms with Gasteiger partial charge in [0.15, 0.2) is 0 Å². The Morgan fingerprint density at radius 1 is 1.33 bits per heavy atom. The van der Waals surface area contributed by atoms with E-state index in [2.05, 4.69) is 50.3 Å². The summed E-state index contributed by atoms with van der Waals surface area (Å²) in [5.41, 5.74) is 1.28. The van der Waals surface area contributed by atoms with Crippen molar-refractivity contribution in [1.82, 2.24) is 10.2 Å². The van der Waals surface area contributed by atoms with E-state index in [-0.39, 0.29) is 0 Å². The first-order valence-electron chi connectivity index (χ1n) is 6.69. The fourth-order valence-electron chi connectivity index (χ4n) is 2.05. The lowest BCUT2D eigenvalue weighted by atomic mass is 10.0. The molecular weight excluding hydrogens is 244 g/mol. The van der Waals surface area contributed by atoms with E-state index in [1.807, 2.05) is 12.1 Å². The largest absolute Gasteiger partial charge is 0.309 e. The highest BCUT2D eigenvalue weighted by Gasteiger charge is 2.12. The molecule has 3 heteroatoms. The molecule has 0 aromatic heterocycles. The first-order valence-corrected chi connectivity index (χ1v) is 7.07. The number of hydrogen-bond acceptors (Lipinski definition) is 2. The molecule has 0 bridgehead atoms. The predicted octanol–water partition coefficient (Wildman–Crippen LogP) is 3.72. The average Bonchev–Trinajstić information content (AvgIpc) is 2.33. The number of rotatable bonds is 7. The van der Waals surface area contributed by atoms with Gasteiger partial charge in [-0.2, -0.15) is 0 Å². The van der Waals surface area contributed by atoms with Gasteiger partial charge in [-0.05, 0) is 58.1 Å². The van der Waals surface area contributed by atoms with Gasteiger partial charge in [-0.25, -0.2) is 0 Å². The standard InChI is InChI=1S/C15H25ClN2/c1-5-15(13-7-6-8-14(16)11-13)17-12(2)9-10-18(3)4/h6-8,11-12,15,17H,5,9-10H2,1-4H3. The normalized spacial score (nSPS) is 14.8. The Morgan fingerprint density at radius 2 is 2.06 bits per heavy atom. The van der Waals surface area contributed by atoms with Crippen LogP contribution in [0.5, 0.6) is 0 Å². The van der Waals surface area contributed by atoms with Crippen molar-refractivity contribution in [2.45, 2.75) is 38.8 Å². The average molecular weight is 269 g/mol. The molecule has 0 aliphatic heterocycles. The van der Waals surface area contributed by atoms with Crippen LogP contribution >= 0.6 is 11.6 Å². The Labute approximate surface area is 116 Å². The number of nitrogens with zero attached hydrogens (tertiary/aromatic N) is 1. The monoisotopic (exact) mass is 268 g/mol. The van der Waals surface area contributed by atoms with Crippen LogP contribution in [0, 0.1) is 0 Å². The van der Waals surface area contributed by atoms with Crippen molar-refractivity contribution in [1.29, 1.82) is 0 Å². The van der Waals surface area contributed by atoms with Crippen molar-refractivity contribution in [2.75, 3.05) is 20.6 Å². The predicted molar refractivity (Wildman–Crippen MR) is 80.3 cm³/mol. The molecule has 102 valence electrons. The molecule has 2 nitrogen and oxygen atoms in total. The number of benzene rings is 1. The molecule has 18 heavy (non-hydrogen) atoms. The zero-order valence-corrected chi connectivity index (χ0v) is 12.7. The van der Waals surface area contributed by atoms with Gasteiger partial charge in [0.25, 0.3) is 0 Å². The molecule has 0 spiro atoms. The summed E-state index contributed by atoms with van der Waals surface area (Å²) in [6.07, 6.45) is 2.23. The summed E-state index contributed by atoms with van der Waals surface area (Å²) in [5.74, 6) is 0. The van der Waals surface area contributed by atoms with E-state index in [4.69, 9.17) is 11.6 Å². The molecule has 1 rings (SSSR count). The van der Waals surface area contributed by atoms with E-state index in [1.54, 1.807) is 0 Å². The highest BCUT2D eigenvalue weighted by Crippen LogP contribution is 2.21. The molecule has 0 radical (unpaired) electrons. The second-order valence-electron chi connectivity index (χ2n) is 5.18. The van der Waals surface area contributed by atoms with Gasteiger partial charge in [-0.3, -0.25) is 0 Å². The third-order valence-electron chi connectivity index (χ3n) is 3.15. The van der Waals surface area contributed by atoms with Crippen LogP contribution in [0.25, 0.3) is 0 Å². The third-order valence-corrected chi connectivity index (χ3v) is 3.39. The van der Waals surface area contributed by atoms with E-state index in [1.165, 1.54) is 5.56 Å². The molecule has 0 saturated heterocycles. The van der Waals surface area contributed by atoms with E-state index in [0.29, 0.717) is 12.1 Å². The van der Waals surface area contributed by atoms with Gasteiger partial charge in [0, 0.05) is 17.1 Å². The maximum atomic E-state index is 6.05. The summed E-state index contributed by atoms with van der Waals surface area (Å²) >= 11 is 6.05. The molecular formula is C15H25ClN2. The summed E-state index contributed by atoms with van der Waals surface area (Å²) in [4.78, 5) is 2.22. The molecule has 1 N–H and O–H groups in total. The van der Waals surface area contributed by atoms with Gasteiger partial charge >= 0.3 is 0 Å². The fraction of sp³-hybridized carbons (Fsp3) is 0.600. The minimum absolute atomic E-state index is 0.390. The molecule has 2 unspecified atom stereocenters. The van der Waals surface area contributed by atoms with Crippen molar-refractivity contribution in [2.24, 2.45) is 0 Å². The van der Waals surface area contributed by atoms with Crippen LogP contribution in [0.4, 0.5) is 0 Å². The molecule has 0 saturated carbocycles. The molecule has 0 heterocycles. The molecule has 1 aromatic rings. The summed E-state index contributed by atoms with van der Waals surface area (Å²) in [6, 6.07) is 9.05. The highest BCUT2D eigenvalue weighted by molar-refractivity contribution is 6.30. The van der Waals surface area contributed by atoms with Crippen LogP contribution in [-0.2, 0) is 0 Å². The smallest absolute Gasteiger partial charge is 0.0409 e. The number of hydrogen-bond donors (Lipinski definition) is 1. The molecule has 0 amide bonds. The lowest BCUT2D eigenvalue weighted by Crippen LogP contribution is -2.32. The van der Waals surface area contributed by atoms with Crippen molar-refractivity contribution in [3.63, 3.8) is 0 Å². The fourth-order valence-corrected chi connectivity index (χ4v) is 2.25. The number of nitrogens with one attached hydrogen (secondary N) is 1. The Hall–Kier alpha value is -0.570. The molecule has 0 fully saturated rings. The van der Waals surface area contributed by atoms with Crippen molar-refractivity contribution < 1.29 is 0 Å². The summed E-state index contributed by atoms with van der Waals surface area (Å²) < 4.78 is 0. The van der Waals surface area contributed by atoms with Gasteiger partial charge in [0.05, 0.1) is 0 Å². The molecule has 2 atom stereocenters. The molecule has 1 aromatic carbocycles. The van der Waals surface area contributed by atoms with Gasteiger partial charge in [0.2, 0.25) is 0 Å². The van der Waals surface area contributed by atoms with Gasteiger partial charge in [-0.1, -0.05) is 30.7 Å². The lowest BCUT2D eigenvalue weighted by molar-refractivity contribution is 0.347. The van der Waals surface area contributed by atoms with Crippen LogP contribution in [-0.4, -0.2) is 31.6 Å². The van der Waals surface area contributed by atoms with Crippen molar-refractivity contribution in [3.8, 4) is 0 Å².